The molecule has 0 amide bonds. The van der Waals surface area contributed by atoms with E-state index in [4.69, 9.17) is 4.98 Å². The maximum Gasteiger partial charge on any atom is 0.109 e. The normalized spacial score (nSPS) is 14.6. The van der Waals surface area contributed by atoms with Crippen LogP contribution in [-0.4, -0.2) is 9.55 Å². The Hall–Kier alpha value is -1.35. The number of aryl methyl sites for hydroxylation is 2. The smallest absolute Gasteiger partial charge is 0.109 e. The molecule has 1 aromatic heterocycles. The highest BCUT2D eigenvalue weighted by atomic mass is 79.9. The quantitative estimate of drug-likeness (QED) is 0.613. The molecule has 2 nitrogen and oxygen atoms in total. The number of benzene rings is 2. The molecule has 2 heterocycles. The van der Waals surface area contributed by atoms with Gasteiger partial charge in [-0.15, -0.1) is 0 Å². The first-order valence-corrected chi connectivity index (χ1v) is 6.69. The molecule has 0 radical (unpaired) electrons. The van der Waals surface area contributed by atoms with Crippen molar-refractivity contribution in [2.24, 2.45) is 0 Å². The zero-order valence-corrected chi connectivity index (χ0v) is 10.9. The molecule has 2 aromatic carbocycles. The maximum absolute atomic E-state index is 4.72. The van der Waals surface area contributed by atoms with Gasteiger partial charge in [0.05, 0.1) is 11.0 Å². The molecule has 0 fully saturated rings. The number of rotatable bonds is 0. The Morgan fingerprint density at radius 2 is 2.06 bits per heavy atom. The molecule has 84 valence electrons. The van der Waals surface area contributed by atoms with Crippen molar-refractivity contribution < 1.29 is 0 Å². The largest absolute Gasteiger partial charge is 0.328 e. The molecule has 0 spiro atoms. The van der Waals surface area contributed by atoms with Gasteiger partial charge in [0.1, 0.15) is 5.82 Å². The van der Waals surface area contributed by atoms with Crippen LogP contribution in [0.1, 0.15) is 12.2 Å². The minimum atomic E-state index is 1.12. The Labute approximate surface area is 107 Å². The van der Waals surface area contributed by atoms with Gasteiger partial charge in [-0.1, -0.05) is 22.0 Å². The molecule has 0 atom stereocenters. The third-order valence-corrected chi connectivity index (χ3v) is 4.02. The van der Waals surface area contributed by atoms with E-state index in [1.165, 1.54) is 28.5 Å². The lowest BCUT2D eigenvalue weighted by atomic mass is 10.1. The van der Waals surface area contributed by atoms with E-state index >= 15 is 0 Å². The Kier molecular flexibility index (Phi) is 1.89. The fourth-order valence-corrected chi connectivity index (χ4v) is 3.10. The number of fused-ring (bicyclic) bond motifs is 4. The molecule has 0 aliphatic carbocycles. The second kappa shape index (κ2) is 3.33. The van der Waals surface area contributed by atoms with Crippen molar-refractivity contribution >= 4 is 37.7 Å². The van der Waals surface area contributed by atoms with Crippen molar-refractivity contribution in [1.82, 2.24) is 9.55 Å². The summed E-state index contributed by atoms with van der Waals surface area (Å²) in [5.74, 6) is 1.24. The molecule has 3 aromatic rings. The summed E-state index contributed by atoms with van der Waals surface area (Å²) in [4.78, 5) is 4.72. The summed E-state index contributed by atoms with van der Waals surface area (Å²) in [6.07, 6.45) is 2.35. The highest BCUT2D eigenvalue weighted by Gasteiger charge is 2.16. The fourth-order valence-electron chi connectivity index (χ4n) is 2.72. The highest BCUT2D eigenvalue weighted by Crippen LogP contribution is 2.28. The molecular formula is C14H11BrN2. The van der Waals surface area contributed by atoms with Crippen molar-refractivity contribution in [1.29, 1.82) is 0 Å². The van der Waals surface area contributed by atoms with Gasteiger partial charge in [0.25, 0.3) is 0 Å². The molecule has 4 rings (SSSR count). The van der Waals surface area contributed by atoms with Gasteiger partial charge in [0.2, 0.25) is 0 Å². The topological polar surface area (TPSA) is 17.8 Å². The van der Waals surface area contributed by atoms with Crippen LogP contribution in [0.2, 0.25) is 0 Å². The van der Waals surface area contributed by atoms with Gasteiger partial charge in [-0.3, -0.25) is 0 Å². The van der Waals surface area contributed by atoms with Crippen LogP contribution in [0.3, 0.4) is 0 Å². The van der Waals surface area contributed by atoms with Crippen LogP contribution in [0.5, 0.6) is 0 Å². The average Bonchev–Trinajstić information content (AvgIpc) is 2.87. The van der Waals surface area contributed by atoms with Gasteiger partial charge < -0.3 is 4.57 Å². The molecule has 3 heteroatoms. The van der Waals surface area contributed by atoms with Crippen LogP contribution in [0.4, 0.5) is 0 Å². The standard InChI is InChI=1S/C14H11BrN2/c15-11-4-3-9-7-12-13(8-10(9)6-11)17-5-1-2-14(17)16-12/h3-4,6-8H,1-2,5H2. The minimum Gasteiger partial charge on any atom is -0.328 e. The van der Waals surface area contributed by atoms with Crippen LogP contribution in [-0.2, 0) is 13.0 Å². The summed E-state index contributed by atoms with van der Waals surface area (Å²) in [6.45, 7) is 1.12. The molecule has 17 heavy (non-hydrogen) atoms. The second-order valence-electron chi connectivity index (χ2n) is 4.62. The van der Waals surface area contributed by atoms with Crippen LogP contribution >= 0.6 is 15.9 Å². The van der Waals surface area contributed by atoms with E-state index in [9.17, 15) is 0 Å². The molecule has 1 aliphatic heterocycles. The number of halogens is 1. The Morgan fingerprint density at radius 1 is 1.12 bits per heavy atom. The molecule has 0 unspecified atom stereocenters. The summed E-state index contributed by atoms with van der Waals surface area (Å²) < 4.78 is 3.49. The molecule has 0 bridgehead atoms. The summed E-state index contributed by atoms with van der Waals surface area (Å²) >= 11 is 3.53. The first-order valence-electron chi connectivity index (χ1n) is 5.90. The molecular weight excluding hydrogens is 276 g/mol. The Morgan fingerprint density at radius 3 is 3.00 bits per heavy atom. The zero-order valence-electron chi connectivity index (χ0n) is 9.28. The van der Waals surface area contributed by atoms with Crippen LogP contribution in [0, 0.1) is 0 Å². The maximum atomic E-state index is 4.72. The number of nitrogens with zero attached hydrogens (tertiary/aromatic N) is 2. The van der Waals surface area contributed by atoms with Crippen LogP contribution in [0.25, 0.3) is 21.8 Å². The molecule has 0 N–H and O–H groups in total. The number of hydrogen-bond donors (Lipinski definition) is 0. The highest BCUT2D eigenvalue weighted by molar-refractivity contribution is 9.10. The van der Waals surface area contributed by atoms with E-state index in [1.54, 1.807) is 0 Å². The Balaban J connectivity index is 2.14. The summed E-state index contributed by atoms with van der Waals surface area (Å²) in [5.41, 5.74) is 2.41. The number of imidazole rings is 1. The first kappa shape index (κ1) is 9.66. The molecule has 0 saturated carbocycles. The first-order chi connectivity index (χ1) is 8.31. The zero-order chi connectivity index (χ0) is 11.4. The van der Waals surface area contributed by atoms with Crippen molar-refractivity contribution in [3.63, 3.8) is 0 Å². The SMILES string of the molecule is Brc1ccc2cc3nc4n(c3cc2c1)CCC4. The van der Waals surface area contributed by atoms with E-state index in [1.807, 2.05) is 0 Å². The fraction of sp³-hybridized carbons (Fsp3) is 0.214. The summed E-state index contributed by atoms with van der Waals surface area (Å²) in [7, 11) is 0. The van der Waals surface area contributed by atoms with Crippen molar-refractivity contribution in [2.75, 3.05) is 0 Å². The molecule has 1 aliphatic rings. The van der Waals surface area contributed by atoms with E-state index in [2.05, 4.69) is 50.8 Å². The third kappa shape index (κ3) is 1.35. The monoisotopic (exact) mass is 286 g/mol. The number of aromatic nitrogens is 2. The lowest BCUT2D eigenvalue weighted by molar-refractivity contribution is 0.772. The van der Waals surface area contributed by atoms with Gasteiger partial charge in [-0.05, 0) is 41.5 Å². The van der Waals surface area contributed by atoms with Gasteiger partial charge in [-0.25, -0.2) is 4.98 Å². The van der Waals surface area contributed by atoms with Gasteiger partial charge >= 0.3 is 0 Å². The summed E-state index contributed by atoms with van der Waals surface area (Å²) in [6, 6.07) is 10.9. The van der Waals surface area contributed by atoms with E-state index in [-0.39, 0.29) is 0 Å². The van der Waals surface area contributed by atoms with E-state index in [0.717, 1.165) is 23.0 Å². The van der Waals surface area contributed by atoms with Crippen molar-refractivity contribution in [2.45, 2.75) is 19.4 Å². The lowest BCUT2D eigenvalue weighted by Crippen LogP contribution is -1.90. The minimum absolute atomic E-state index is 1.12. The van der Waals surface area contributed by atoms with Gasteiger partial charge in [-0.2, -0.15) is 0 Å². The predicted octanol–water partition coefficient (Wildman–Crippen LogP) is 3.90. The van der Waals surface area contributed by atoms with E-state index < -0.39 is 0 Å². The van der Waals surface area contributed by atoms with E-state index in [0.29, 0.717) is 0 Å². The van der Waals surface area contributed by atoms with Gasteiger partial charge in [0, 0.05) is 17.4 Å². The van der Waals surface area contributed by atoms with Crippen LogP contribution < -0.4 is 0 Å². The second-order valence-corrected chi connectivity index (χ2v) is 5.53. The average molecular weight is 287 g/mol. The van der Waals surface area contributed by atoms with Crippen LogP contribution in [0.15, 0.2) is 34.8 Å². The predicted molar refractivity (Wildman–Crippen MR) is 73.3 cm³/mol. The van der Waals surface area contributed by atoms with Gasteiger partial charge in [0.15, 0.2) is 0 Å². The molecule has 0 saturated heterocycles. The Bertz CT molecular complexity index is 743. The third-order valence-electron chi connectivity index (χ3n) is 3.53. The number of hydrogen-bond acceptors (Lipinski definition) is 1. The summed E-state index contributed by atoms with van der Waals surface area (Å²) in [5, 5.41) is 2.54. The van der Waals surface area contributed by atoms with Crippen molar-refractivity contribution in [3.05, 3.63) is 40.6 Å². The van der Waals surface area contributed by atoms with Crippen molar-refractivity contribution in [3.8, 4) is 0 Å². The lowest BCUT2D eigenvalue weighted by Gasteiger charge is -2.02.